The van der Waals surface area contributed by atoms with Crippen molar-refractivity contribution >= 4 is 29.9 Å². The molecule has 2 atom stereocenters. The van der Waals surface area contributed by atoms with Crippen LogP contribution in [0.15, 0.2) is 23.2 Å². The molecule has 1 aromatic rings. The standard InChI is InChI=1S/C22H38N4O2.HI/c1-6-12-26-13-11-18(16-26)15-24-22(23-5)25-17(4)19-9-10-20(27-7-2)21(14-19)28-8-3;/h9-10,14,17-18H,6-8,11-13,15-16H2,1-5H3,(H2,23,24,25);1H. The van der Waals surface area contributed by atoms with Crippen molar-refractivity contribution < 1.29 is 9.47 Å². The molecule has 0 spiro atoms. The van der Waals surface area contributed by atoms with Crippen LogP contribution in [-0.4, -0.2) is 57.3 Å². The highest BCUT2D eigenvalue weighted by Gasteiger charge is 2.22. The van der Waals surface area contributed by atoms with Crippen LogP contribution in [0.1, 0.15) is 52.1 Å². The summed E-state index contributed by atoms with van der Waals surface area (Å²) in [7, 11) is 1.82. The summed E-state index contributed by atoms with van der Waals surface area (Å²) < 4.78 is 11.4. The van der Waals surface area contributed by atoms with Gasteiger partial charge in [0.1, 0.15) is 0 Å². The fourth-order valence-corrected chi connectivity index (χ4v) is 3.66. The van der Waals surface area contributed by atoms with Crippen LogP contribution < -0.4 is 20.1 Å². The fourth-order valence-electron chi connectivity index (χ4n) is 3.66. The largest absolute Gasteiger partial charge is 0.490 e. The molecule has 7 heteroatoms. The number of halogens is 1. The first-order valence-electron chi connectivity index (χ1n) is 10.7. The van der Waals surface area contributed by atoms with Gasteiger partial charge in [-0.3, -0.25) is 4.99 Å². The Bertz CT molecular complexity index is 627. The molecule has 0 amide bonds. The van der Waals surface area contributed by atoms with Crippen LogP contribution in [-0.2, 0) is 0 Å². The van der Waals surface area contributed by atoms with E-state index in [9.17, 15) is 0 Å². The quantitative estimate of drug-likeness (QED) is 0.278. The molecule has 0 radical (unpaired) electrons. The Kier molecular flexibility index (Phi) is 12.4. The highest BCUT2D eigenvalue weighted by atomic mass is 127. The molecule has 166 valence electrons. The van der Waals surface area contributed by atoms with Gasteiger partial charge in [0, 0.05) is 20.1 Å². The van der Waals surface area contributed by atoms with Crippen molar-refractivity contribution in [2.45, 2.75) is 46.6 Å². The van der Waals surface area contributed by atoms with Crippen LogP contribution in [0.4, 0.5) is 0 Å². The minimum absolute atomic E-state index is 0. The second kappa shape index (κ2) is 13.9. The van der Waals surface area contributed by atoms with E-state index < -0.39 is 0 Å². The SMILES string of the molecule is CCCN1CCC(CNC(=NC)NC(C)c2ccc(OCC)c(OCC)c2)C1.I. The van der Waals surface area contributed by atoms with Crippen LogP contribution >= 0.6 is 24.0 Å². The van der Waals surface area contributed by atoms with Crippen molar-refractivity contribution in [1.29, 1.82) is 0 Å². The number of hydrogen-bond acceptors (Lipinski definition) is 4. The van der Waals surface area contributed by atoms with Crippen molar-refractivity contribution in [3.05, 3.63) is 23.8 Å². The topological polar surface area (TPSA) is 58.1 Å². The lowest BCUT2D eigenvalue weighted by molar-refractivity contribution is 0.287. The molecule has 1 aromatic carbocycles. The van der Waals surface area contributed by atoms with Gasteiger partial charge in [0.05, 0.1) is 19.3 Å². The number of hydrogen-bond donors (Lipinski definition) is 2. The van der Waals surface area contributed by atoms with Gasteiger partial charge in [0.2, 0.25) is 0 Å². The van der Waals surface area contributed by atoms with Crippen molar-refractivity contribution in [3.63, 3.8) is 0 Å². The van der Waals surface area contributed by atoms with E-state index in [-0.39, 0.29) is 30.0 Å². The Morgan fingerprint density at radius 1 is 1.21 bits per heavy atom. The number of rotatable bonds is 10. The molecule has 2 N–H and O–H groups in total. The molecule has 1 saturated heterocycles. The lowest BCUT2D eigenvalue weighted by Gasteiger charge is -2.21. The van der Waals surface area contributed by atoms with E-state index in [0.717, 1.165) is 29.6 Å². The highest BCUT2D eigenvalue weighted by molar-refractivity contribution is 14.0. The smallest absolute Gasteiger partial charge is 0.191 e. The molecule has 0 saturated carbocycles. The monoisotopic (exact) mass is 518 g/mol. The fraction of sp³-hybridized carbons (Fsp3) is 0.682. The Hall–Kier alpha value is -1.22. The first-order chi connectivity index (χ1) is 13.6. The van der Waals surface area contributed by atoms with Gasteiger partial charge in [0.15, 0.2) is 17.5 Å². The lowest BCUT2D eigenvalue weighted by Crippen LogP contribution is -2.41. The Morgan fingerprint density at radius 2 is 1.93 bits per heavy atom. The number of benzene rings is 1. The average molecular weight is 518 g/mol. The summed E-state index contributed by atoms with van der Waals surface area (Å²) in [5.74, 6) is 3.12. The van der Waals surface area contributed by atoms with E-state index in [1.165, 1.54) is 32.5 Å². The zero-order valence-electron chi connectivity index (χ0n) is 18.7. The summed E-state index contributed by atoms with van der Waals surface area (Å²) >= 11 is 0. The summed E-state index contributed by atoms with van der Waals surface area (Å²) in [6.07, 6.45) is 2.49. The molecule has 1 aliphatic heterocycles. The zero-order valence-corrected chi connectivity index (χ0v) is 21.0. The van der Waals surface area contributed by atoms with Gasteiger partial charge in [-0.05, 0) is 70.3 Å². The van der Waals surface area contributed by atoms with E-state index in [0.29, 0.717) is 19.1 Å². The van der Waals surface area contributed by atoms with Gasteiger partial charge in [-0.15, -0.1) is 24.0 Å². The minimum Gasteiger partial charge on any atom is -0.490 e. The van der Waals surface area contributed by atoms with E-state index in [1.807, 2.05) is 27.0 Å². The van der Waals surface area contributed by atoms with E-state index in [4.69, 9.17) is 9.47 Å². The van der Waals surface area contributed by atoms with Gasteiger partial charge in [-0.1, -0.05) is 13.0 Å². The molecule has 1 fully saturated rings. The molecule has 29 heavy (non-hydrogen) atoms. The minimum atomic E-state index is 0. The second-order valence-electron chi connectivity index (χ2n) is 7.35. The number of aliphatic imine (C=N–C) groups is 1. The first kappa shape index (κ1) is 25.8. The highest BCUT2D eigenvalue weighted by Crippen LogP contribution is 2.30. The molecule has 1 aliphatic rings. The number of nitrogens with one attached hydrogen (secondary N) is 2. The molecule has 6 nitrogen and oxygen atoms in total. The van der Waals surface area contributed by atoms with E-state index in [1.54, 1.807) is 0 Å². The number of ether oxygens (including phenoxy) is 2. The molecule has 1 heterocycles. The summed E-state index contributed by atoms with van der Waals surface area (Å²) in [6.45, 7) is 14.2. The first-order valence-corrected chi connectivity index (χ1v) is 10.7. The van der Waals surface area contributed by atoms with Crippen LogP contribution in [0.25, 0.3) is 0 Å². The van der Waals surface area contributed by atoms with Gasteiger partial charge >= 0.3 is 0 Å². The summed E-state index contributed by atoms with van der Waals surface area (Å²) in [4.78, 5) is 6.96. The molecular weight excluding hydrogens is 479 g/mol. The van der Waals surface area contributed by atoms with Crippen LogP contribution in [0.3, 0.4) is 0 Å². The second-order valence-corrected chi connectivity index (χ2v) is 7.35. The normalized spacial score (nSPS) is 18.1. The van der Waals surface area contributed by atoms with Crippen LogP contribution in [0.2, 0.25) is 0 Å². The summed E-state index contributed by atoms with van der Waals surface area (Å²) in [5.41, 5.74) is 1.14. The number of likely N-dealkylation sites (tertiary alicyclic amines) is 1. The van der Waals surface area contributed by atoms with Crippen LogP contribution in [0, 0.1) is 5.92 Å². The van der Waals surface area contributed by atoms with E-state index in [2.05, 4.69) is 46.5 Å². The molecule has 0 aliphatic carbocycles. The number of guanidine groups is 1. The van der Waals surface area contributed by atoms with Gasteiger partial charge in [0.25, 0.3) is 0 Å². The maximum absolute atomic E-state index is 5.75. The lowest BCUT2D eigenvalue weighted by atomic mass is 10.1. The molecule has 0 aromatic heterocycles. The maximum Gasteiger partial charge on any atom is 0.191 e. The molecule has 0 bridgehead atoms. The molecular formula is C22H39IN4O2. The maximum atomic E-state index is 5.75. The van der Waals surface area contributed by atoms with Gasteiger partial charge in [-0.2, -0.15) is 0 Å². The Morgan fingerprint density at radius 3 is 2.59 bits per heavy atom. The van der Waals surface area contributed by atoms with Crippen molar-refractivity contribution in [2.24, 2.45) is 10.9 Å². The third-order valence-corrected chi connectivity index (χ3v) is 5.11. The molecule has 2 rings (SSSR count). The van der Waals surface area contributed by atoms with E-state index >= 15 is 0 Å². The average Bonchev–Trinajstić information content (AvgIpc) is 3.14. The van der Waals surface area contributed by atoms with Crippen molar-refractivity contribution in [3.8, 4) is 11.5 Å². The van der Waals surface area contributed by atoms with Crippen LogP contribution in [0.5, 0.6) is 11.5 Å². The predicted molar refractivity (Wildman–Crippen MR) is 132 cm³/mol. The summed E-state index contributed by atoms with van der Waals surface area (Å²) in [6, 6.07) is 6.23. The number of nitrogens with zero attached hydrogens (tertiary/aromatic N) is 2. The summed E-state index contributed by atoms with van der Waals surface area (Å²) in [5, 5.41) is 7.00. The van der Waals surface area contributed by atoms with Crippen molar-refractivity contribution in [2.75, 3.05) is 46.4 Å². The van der Waals surface area contributed by atoms with Gasteiger partial charge < -0.3 is 25.0 Å². The third kappa shape index (κ3) is 8.20. The Balaban J connectivity index is 0.00000420. The van der Waals surface area contributed by atoms with Crippen molar-refractivity contribution in [1.82, 2.24) is 15.5 Å². The molecule has 2 unspecified atom stereocenters. The third-order valence-electron chi connectivity index (χ3n) is 5.11. The predicted octanol–water partition coefficient (Wildman–Crippen LogP) is 4.06. The zero-order chi connectivity index (χ0) is 20.4. The Labute approximate surface area is 193 Å². The van der Waals surface area contributed by atoms with Gasteiger partial charge in [-0.25, -0.2) is 0 Å².